The molecule has 0 saturated heterocycles. The maximum Gasteiger partial charge on any atom is 0.278 e. The van der Waals surface area contributed by atoms with Crippen molar-refractivity contribution in [3.05, 3.63) is 35.4 Å². The highest BCUT2D eigenvalue weighted by Crippen LogP contribution is 2.42. The van der Waals surface area contributed by atoms with E-state index in [1.807, 2.05) is 18.7 Å². The van der Waals surface area contributed by atoms with Gasteiger partial charge in [-0.3, -0.25) is 0 Å². The summed E-state index contributed by atoms with van der Waals surface area (Å²) in [6.45, 7) is -0.191. The average molecular weight is 215 g/mol. The quantitative estimate of drug-likeness (QED) is 0.495. The zero-order valence-corrected chi connectivity index (χ0v) is 9.15. The number of benzene rings is 1. The van der Waals surface area contributed by atoms with Crippen molar-refractivity contribution in [3.63, 3.8) is 0 Å². The highest BCUT2D eigenvalue weighted by atomic mass is 35.7. The van der Waals surface area contributed by atoms with Gasteiger partial charge >= 0.3 is 0 Å². The van der Waals surface area contributed by atoms with Crippen LogP contribution in [0.5, 0.6) is 0 Å². The van der Waals surface area contributed by atoms with Crippen molar-refractivity contribution in [2.24, 2.45) is 0 Å². The minimum Gasteiger partial charge on any atom is -0.140 e. The summed E-state index contributed by atoms with van der Waals surface area (Å²) in [7, 11) is 0. The molecule has 0 radical (unpaired) electrons. The van der Waals surface area contributed by atoms with Crippen molar-refractivity contribution >= 4 is 40.1 Å². The SMILES string of the molecule is C[Si](Cl)(Cl)C1=Cc2ccccc21. The first-order valence-electron chi connectivity index (χ1n) is 3.78. The molecule has 0 aromatic heterocycles. The summed E-state index contributed by atoms with van der Waals surface area (Å²) in [4.78, 5) is 0. The van der Waals surface area contributed by atoms with Crippen molar-refractivity contribution in [3.8, 4) is 0 Å². The Labute approximate surface area is 82.2 Å². The second-order valence-electron chi connectivity index (χ2n) is 3.03. The second-order valence-corrected chi connectivity index (χ2v) is 10.5. The summed E-state index contributed by atoms with van der Waals surface area (Å²) in [6.07, 6.45) is 2.08. The lowest BCUT2D eigenvalue weighted by molar-refractivity contribution is 1.56. The molecule has 0 heterocycles. The smallest absolute Gasteiger partial charge is 0.140 e. The van der Waals surface area contributed by atoms with E-state index in [2.05, 4.69) is 18.2 Å². The Morgan fingerprint density at radius 1 is 1.17 bits per heavy atom. The summed E-state index contributed by atoms with van der Waals surface area (Å²) in [5.74, 6) is 0. The van der Waals surface area contributed by atoms with Crippen LogP contribution in [0.25, 0.3) is 11.3 Å². The van der Waals surface area contributed by atoms with E-state index >= 15 is 0 Å². The molecule has 0 atom stereocenters. The third-order valence-electron chi connectivity index (χ3n) is 2.02. The fourth-order valence-corrected chi connectivity index (χ4v) is 3.43. The molecule has 0 unspecified atom stereocenters. The van der Waals surface area contributed by atoms with Crippen LogP contribution < -0.4 is 0 Å². The fraction of sp³-hybridized carbons (Fsp3) is 0.111. The fourth-order valence-electron chi connectivity index (χ4n) is 1.39. The number of halogens is 2. The van der Waals surface area contributed by atoms with Gasteiger partial charge in [-0.25, -0.2) is 0 Å². The van der Waals surface area contributed by atoms with Gasteiger partial charge in [0.25, 0.3) is 6.69 Å². The van der Waals surface area contributed by atoms with Gasteiger partial charge in [-0.05, 0) is 22.9 Å². The van der Waals surface area contributed by atoms with Gasteiger partial charge in [0.2, 0.25) is 0 Å². The molecule has 0 fully saturated rings. The Morgan fingerprint density at radius 2 is 1.83 bits per heavy atom. The van der Waals surface area contributed by atoms with Crippen LogP contribution in [0.2, 0.25) is 6.55 Å². The maximum atomic E-state index is 6.10. The van der Waals surface area contributed by atoms with Crippen molar-refractivity contribution in [1.82, 2.24) is 0 Å². The van der Waals surface area contributed by atoms with Gasteiger partial charge in [0.1, 0.15) is 0 Å². The Bertz CT molecular complexity index is 350. The van der Waals surface area contributed by atoms with Crippen LogP contribution in [0, 0.1) is 0 Å². The highest BCUT2D eigenvalue weighted by molar-refractivity contribution is 7.52. The molecular weight excluding hydrogens is 207 g/mol. The molecule has 0 nitrogen and oxygen atoms in total. The molecule has 3 heteroatoms. The van der Waals surface area contributed by atoms with E-state index in [1.165, 1.54) is 11.1 Å². The number of hydrogen-bond acceptors (Lipinski definition) is 0. The van der Waals surface area contributed by atoms with Gasteiger partial charge in [0.15, 0.2) is 0 Å². The molecule has 62 valence electrons. The molecule has 1 aromatic carbocycles. The lowest BCUT2D eigenvalue weighted by atomic mass is 9.98. The molecule has 1 aliphatic rings. The molecule has 12 heavy (non-hydrogen) atoms. The number of hydrogen-bond donors (Lipinski definition) is 0. The molecule has 0 bridgehead atoms. The largest absolute Gasteiger partial charge is 0.278 e. The third kappa shape index (κ3) is 1.22. The topological polar surface area (TPSA) is 0 Å². The Morgan fingerprint density at radius 3 is 2.42 bits per heavy atom. The van der Waals surface area contributed by atoms with Crippen molar-refractivity contribution in [2.75, 3.05) is 0 Å². The predicted molar refractivity (Wildman–Crippen MR) is 57.6 cm³/mol. The van der Waals surface area contributed by atoms with Crippen LogP contribution in [0.15, 0.2) is 24.3 Å². The summed E-state index contributed by atoms with van der Waals surface area (Å²) in [6, 6.07) is 8.18. The van der Waals surface area contributed by atoms with Crippen LogP contribution in [0.1, 0.15) is 11.1 Å². The summed E-state index contributed by atoms with van der Waals surface area (Å²) in [5, 5.41) is 1.15. The van der Waals surface area contributed by atoms with E-state index < -0.39 is 6.69 Å². The lowest BCUT2D eigenvalue weighted by Gasteiger charge is -2.25. The first-order valence-corrected chi connectivity index (χ1v) is 8.31. The standard InChI is InChI=1S/C9H8Cl2Si/c1-12(10,11)9-6-7-4-2-3-5-8(7)9/h2-6H,1H3. The van der Waals surface area contributed by atoms with E-state index in [9.17, 15) is 0 Å². The second kappa shape index (κ2) is 2.62. The first-order chi connectivity index (χ1) is 5.59. The normalized spacial score (nSPS) is 14.8. The van der Waals surface area contributed by atoms with Gasteiger partial charge in [0.05, 0.1) is 0 Å². The summed E-state index contributed by atoms with van der Waals surface area (Å²) >= 11 is 12.2. The van der Waals surface area contributed by atoms with E-state index in [1.54, 1.807) is 0 Å². The van der Waals surface area contributed by atoms with Gasteiger partial charge in [-0.1, -0.05) is 30.3 Å². The molecule has 0 aliphatic heterocycles. The monoisotopic (exact) mass is 214 g/mol. The first kappa shape index (κ1) is 8.36. The molecule has 0 N–H and O–H groups in total. The van der Waals surface area contributed by atoms with Crippen LogP contribution in [-0.2, 0) is 0 Å². The molecule has 1 aliphatic carbocycles. The Hall–Kier alpha value is -0.243. The lowest BCUT2D eigenvalue weighted by Crippen LogP contribution is -2.21. The average Bonchev–Trinajstić information content (AvgIpc) is 1.88. The molecule has 2 rings (SSSR count). The molecular formula is C9H8Cl2Si. The van der Waals surface area contributed by atoms with E-state index in [0.29, 0.717) is 0 Å². The van der Waals surface area contributed by atoms with Crippen molar-refractivity contribution in [2.45, 2.75) is 6.55 Å². The molecule has 0 saturated carbocycles. The van der Waals surface area contributed by atoms with Crippen LogP contribution in [0.4, 0.5) is 0 Å². The van der Waals surface area contributed by atoms with Gasteiger partial charge in [-0.2, -0.15) is 0 Å². The maximum absolute atomic E-state index is 6.10. The Balaban J connectivity index is 2.40. The van der Waals surface area contributed by atoms with Crippen molar-refractivity contribution < 1.29 is 0 Å². The van der Waals surface area contributed by atoms with E-state index in [-0.39, 0.29) is 0 Å². The van der Waals surface area contributed by atoms with Crippen LogP contribution in [-0.4, -0.2) is 6.69 Å². The summed E-state index contributed by atoms with van der Waals surface area (Å²) in [5.41, 5.74) is 2.49. The minimum absolute atomic E-state index is 1.15. The Kier molecular flexibility index (Phi) is 1.83. The number of fused-ring (bicyclic) bond motifs is 1. The van der Waals surface area contributed by atoms with E-state index in [4.69, 9.17) is 22.2 Å². The van der Waals surface area contributed by atoms with Gasteiger partial charge in [-0.15, -0.1) is 22.2 Å². The van der Waals surface area contributed by atoms with E-state index in [0.717, 1.165) is 5.20 Å². The van der Waals surface area contributed by atoms with Gasteiger partial charge in [0, 0.05) is 0 Å². The summed E-state index contributed by atoms with van der Waals surface area (Å²) < 4.78 is 0. The van der Waals surface area contributed by atoms with Crippen LogP contribution >= 0.6 is 22.2 Å². The minimum atomic E-state index is -2.12. The van der Waals surface area contributed by atoms with Gasteiger partial charge < -0.3 is 0 Å². The molecule has 0 spiro atoms. The van der Waals surface area contributed by atoms with Crippen molar-refractivity contribution in [1.29, 1.82) is 0 Å². The predicted octanol–water partition coefficient (Wildman–Crippen LogP) is 3.63. The zero-order valence-electron chi connectivity index (χ0n) is 6.64. The highest BCUT2D eigenvalue weighted by Gasteiger charge is 2.33. The molecule has 1 aromatic rings. The van der Waals surface area contributed by atoms with Crippen LogP contribution in [0.3, 0.4) is 0 Å². The third-order valence-corrected chi connectivity index (χ3v) is 4.60. The molecule has 0 amide bonds. The number of rotatable bonds is 1. The zero-order chi connectivity index (χ0) is 8.77.